The molecule has 2 aromatic rings. The minimum Gasteiger partial charge on any atom is -0.420 e. The largest absolute Gasteiger partial charge is 0.420 e. The standard InChI is InChI=1S/C16H18N4O3S/c21-13-6-5-11(17-13)16(22)20-7-1-3-10(9-20)14-18-19-15(23-14)12-4-2-8-24-12/h2,4,8,10-11H,1,3,5-7,9H2,(H,17,21). The highest BCUT2D eigenvalue weighted by Crippen LogP contribution is 2.30. The van der Waals surface area contributed by atoms with Gasteiger partial charge in [0.2, 0.25) is 17.7 Å². The van der Waals surface area contributed by atoms with E-state index >= 15 is 0 Å². The van der Waals surface area contributed by atoms with Crippen LogP contribution in [0, 0.1) is 0 Å². The van der Waals surface area contributed by atoms with Crippen molar-refractivity contribution in [3.05, 3.63) is 23.4 Å². The zero-order valence-corrected chi connectivity index (χ0v) is 13.9. The summed E-state index contributed by atoms with van der Waals surface area (Å²) in [6, 6.07) is 3.52. The minimum atomic E-state index is -0.374. The van der Waals surface area contributed by atoms with Crippen LogP contribution in [0.25, 0.3) is 10.8 Å². The number of hydrogen-bond donors (Lipinski definition) is 1. The monoisotopic (exact) mass is 346 g/mol. The third kappa shape index (κ3) is 2.93. The molecule has 24 heavy (non-hydrogen) atoms. The van der Waals surface area contributed by atoms with Gasteiger partial charge in [-0.25, -0.2) is 0 Å². The van der Waals surface area contributed by atoms with Crippen molar-refractivity contribution in [1.82, 2.24) is 20.4 Å². The molecule has 2 fully saturated rings. The summed E-state index contributed by atoms with van der Waals surface area (Å²) in [6.07, 6.45) is 2.84. The third-order valence-electron chi connectivity index (χ3n) is 4.55. The normalized spacial score (nSPS) is 24.2. The van der Waals surface area contributed by atoms with E-state index in [1.807, 2.05) is 22.4 Å². The molecule has 4 heterocycles. The van der Waals surface area contributed by atoms with Crippen molar-refractivity contribution in [3.8, 4) is 10.8 Å². The highest BCUT2D eigenvalue weighted by Gasteiger charge is 2.34. The van der Waals surface area contributed by atoms with Crippen LogP contribution >= 0.6 is 11.3 Å². The van der Waals surface area contributed by atoms with Gasteiger partial charge in [-0.2, -0.15) is 0 Å². The molecule has 2 unspecified atom stereocenters. The molecule has 2 saturated heterocycles. The predicted molar refractivity (Wildman–Crippen MR) is 87.3 cm³/mol. The number of carbonyl (C=O) groups is 2. The van der Waals surface area contributed by atoms with Crippen LogP contribution in [0.4, 0.5) is 0 Å². The molecule has 0 radical (unpaired) electrons. The van der Waals surface area contributed by atoms with Crippen LogP contribution in [0.3, 0.4) is 0 Å². The van der Waals surface area contributed by atoms with E-state index < -0.39 is 0 Å². The molecular weight excluding hydrogens is 328 g/mol. The van der Waals surface area contributed by atoms with Gasteiger partial charge in [0.05, 0.1) is 10.8 Å². The van der Waals surface area contributed by atoms with Gasteiger partial charge in [0.1, 0.15) is 6.04 Å². The van der Waals surface area contributed by atoms with Gasteiger partial charge in [-0.05, 0) is 30.7 Å². The number of aromatic nitrogens is 2. The van der Waals surface area contributed by atoms with Crippen molar-refractivity contribution in [2.24, 2.45) is 0 Å². The van der Waals surface area contributed by atoms with Crippen LogP contribution in [0.15, 0.2) is 21.9 Å². The molecule has 8 heteroatoms. The lowest BCUT2D eigenvalue weighted by molar-refractivity contribution is -0.135. The summed E-state index contributed by atoms with van der Waals surface area (Å²) in [5.74, 6) is 1.14. The number of piperidine rings is 1. The molecule has 126 valence electrons. The van der Waals surface area contributed by atoms with E-state index in [1.54, 1.807) is 11.3 Å². The predicted octanol–water partition coefficient (Wildman–Crippen LogP) is 1.78. The van der Waals surface area contributed by atoms with E-state index in [-0.39, 0.29) is 23.8 Å². The van der Waals surface area contributed by atoms with Gasteiger partial charge in [0.15, 0.2) is 0 Å². The summed E-state index contributed by atoms with van der Waals surface area (Å²) in [5.41, 5.74) is 0. The second-order valence-corrected chi connectivity index (χ2v) is 7.15. The minimum absolute atomic E-state index is 0.00328. The molecule has 2 aliphatic heterocycles. The fraction of sp³-hybridized carbons (Fsp3) is 0.500. The fourth-order valence-electron chi connectivity index (χ4n) is 3.30. The SMILES string of the molecule is O=C1CCC(C(=O)N2CCCC(c3nnc(-c4cccs4)o3)C2)N1. The average Bonchev–Trinajstić information content (AvgIpc) is 3.35. The van der Waals surface area contributed by atoms with E-state index in [2.05, 4.69) is 15.5 Å². The first-order chi connectivity index (χ1) is 11.7. The Balaban J connectivity index is 1.45. The van der Waals surface area contributed by atoms with Gasteiger partial charge < -0.3 is 14.6 Å². The lowest BCUT2D eigenvalue weighted by atomic mass is 9.97. The number of nitrogens with zero attached hydrogens (tertiary/aromatic N) is 3. The van der Waals surface area contributed by atoms with Crippen LogP contribution in [0.5, 0.6) is 0 Å². The number of likely N-dealkylation sites (tertiary alicyclic amines) is 1. The van der Waals surface area contributed by atoms with Crippen LogP contribution < -0.4 is 5.32 Å². The third-order valence-corrected chi connectivity index (χ3v) is 5.41. The summed E-state index contributed by atoms with van der Waals surface area (Å²) >= 11 is 1.56. The molecule has 0 spiro atoms. The second-order valence-electron chi connectivity index (χ2n) is 6.20. The van der Waals surface area contributed by atoms with E-state index in [1.165, 1.54) is 0 Å². The average molecular weight is 346 g/mol. The summed E-state index contributed by atoms with van der Waals surface area (Å²) < 4.78 is 5.82. The molecule has 2 amide bonds. The van der Waals surface area contributed by atoms with Gasteiger partial charge in [0, 0.05) is 19.5 Å². The Morgan fingerprint density at radius 3 is 3.04 bits per heavy atom. The van der Waals surface area contributed by atoms with Crippen molar-refractivity contribution < 1.29 is 14.0 Å². The van der Waals surface area contributed by atoms with Gasteiger partial charge in [0.25, 0.3) is 5.89 Å². The van der Waals surface area contributed by atoms with Crippen molar-refractivity contribution in [2.45, 2.75) is 37.6 Å². The molecule has 2 aromatic heterocycles. The maximum absolute atomic E-state index is 12.6. The van der Waals surface area contributed by atoms with Crippen LogP contribution in [-0.2, 0) is 9.59 Å². The molecule has 2 aliphatic rings. The highest BCUT2D eigenvalue weighted by molar-refractivity contribution is 7.13. The Bertz CT molecular complexity index is 742. The van der Waals surface area contributed by atoms with E-state index in [0.717, 1.165) is 17.7 Å². The second kappa shape index (κ2) is 6.35. The lowest BCUT2D eigenvalue weighted by Gasteiger charge is -2.32. The van der Waals surface area contributed by atoms with Crippen LogP contribution in [0.2, 0.25) is 0 Å². The molecule has 1 N–H and O–H groups in total. The van der Waals surface area contributed by atoms with E-state index in [4.69, 9.17) is 4.42 Å². The highest BCUT2D eigenvalue weighted by atomic mass is 32.1. The van der Waals surface area contributed by atoms with Crippen LogP contribution in [-0.4, -0.2) is 46.0 Å². The maximum Gasteiger partial charge on any atom is 0.257 e. The summed E-state index contributed by atoms with van der Waals surface area (Å²) in [4.78, 5) is 26.7. The zero-order valence-electron chi connectivity index (χ0n) is 13.1. The van der Waals surface area contributed by atoms with Gasteiger partial charge in [-0.1, -0.05) is 6.07 Å². The Kier molecular flexibility index (Phi) is 4.05. The van der Waals surface area contributed by atoms with Crippen molar-refractivity contribution >= 4 is 23.2 Å². The summed E-state index contributed by atoms with van der Waals surface area (Å²) in [7, 11) is 0. The summed E-state index contributed by atoms with van der Waals surface area (Å²) in [6.45, 7) is 1.28. The molecule has 7 nitrogen and oxygen atoms in total. The zero-order chi connectivity index (χ0) is 16.5. The van der Waals surface area contributed by atoms with Crippen molar-refractivity contribution in [3.63, 3.8) is 0 Å². The molecular formula is C16H18N4O3S. The maximum atomic E-state index is 12.6. The number of rotatable bonds is 3. The summed E-state index contributed by atoms with van der Waals surface area (Å²) in [5, 5.41) is 13.0. The van der Waals surface area contributed by atoms with E-state index in [0.29, 0.717) is 37.7 Å². The molecule has 4 rings (SSSR count). The molecule has 0 aromatic carbocycles. The number of carbonyl (C=O) groups excluding carboxylic acids is 2. The van der Waals surface area contributed by atoms with Gasteiger partial charge in [-0.15, -0.1) is 21.5 Å². The Morgan fingerprint density at radius 1 is 1.38 bits per heavy atom. The fourth-order valence-corrected chi connectivity index (χ4v) is 3.94. The quantitative estimate of drug-likeness (QED) is 0.915. The first-order valence-corrected chi connectivity index (χ1v) is 9.04. The molecule has 0 bridgehead atoms. The lowest BCUT2D eigenvalue weighted by Crippen LogP contribution is -2.48. The van der Waals surface area contributed by atoms with Gasteiger partial charge in [-0.3, -0.25) is 9.59 Å². The van der Waals surface area contributed by atoms with Crippen molar-refractivity contribution in [2.75, 3.05) is 13.1 Å². The number of thiophene rings is 1. The number of amides is 2. The molecule has 0 saturated carbocycles. The first-order valence-electron chi connectivity index (χ1n) is 8.16. The molecule has 0 aliphatic carbocycles. The Labute approximate surface area is 143 Å². The molecule has 2 atom stereocenters. The van der Waals surface area contributed by atoms with Gasteiger partial charge >= 0.3 is 0 Å². The van der Waals surface area contributed by atoms with Crippen LogP contribution in [0.1, 0.15) is 37.5 Å². The number of nitrogens with one attached hydrogen (secondary N) is 1. The smallest absolute Gasteiger partial charge is 0.257 e. The number of hydrogen-bond acceptors (Lipinski definition) is 6. The first kappa shape index (κ1) is 15.3. The Hall–Kier alpha value is -2.22. The Morgan fingerprint density at radius 2 is 2.29 bits per heavy atom. The van der Waals surface area contributed by atoms with Crippen molar-refractivity contribution in [1.29, 1.82) is 0 Å². The topological polar surface area (TPSA) is 88.3 Å². The van der Waals surface area contributed by atoms with E-state index in [9.17, 15) is 9.59 Å².